The van der Waals surface area contributed by atoms with E-state index in [1.807, 2.05) is 65.4 Å². The lowest BCUT2D eigenvalue weighted by molar-refractivity contribution is 0.146. The van der Waals surface area contributed by atoms with Crippen LogP contribution >= 0.6 is 47.0 Å². The normalized spacial score (nSPS) is 17.2. The Morgan fingerprint density at radius 2 is 1.84 bits per heavy atom. The monoisotopic (exact) mass is 572 g/mol. The predicted octanol–water partition coefficient (Wildman–Crippen LogP) is 7.03. The number of ether oxygens (including phenoxy) is 2. The van der Waals surface area contributed by atoms with Gasteiger partial charge in [-0.1, -0.05) is 40.9 Å². The maximum absolute atomic E-state index is 6.62. The van der Waals surface area contributed by atoms with Gasteiger partial charge in [0.05, 0.1) is 34.1 Å². The van der Waals surface area contributed by atoms with Crippen LogP contribution in [0.5, 0.6) is 5.75 Å². The Hall–Kier alpha value is -2.81. The number of nitrogens with one attached hydrogen (secondary N) is 1. The van der Waals surface area contributed by atoms with Crippen molar-refractivity contribution >= 4 is 57.8 Å². The molecule has 1 aliphatic rings. The Bertz CT molecular complexity index is 1420. The molecule has 2 atom stereocenters. The average Bonchev–Trinajstić information content (AvgIpc) is 3.50. The van der Waals surface area contributed by atoms with Crippen LogP contribution in [0.4, 0.5) is 5.69 Å². The summed E-state index contributed by atoms with van der Waals surface area (Å²) in [4.78, 5) is 6.68. The number of thiocarbonyl (C=S) groups is 1. The van der Waals surface area contributed by atoms with Crippen LogP contribution in [0.15, 0.2) is 79.1 Å². The quantitative estimate of drug-likeness (QED) is 0.180. The zero-order chi connectivity index (χ0) is 25.9. The first-order valence-corrected chi connectivity index (χ1v) is 13.1. The van der Waals surface area contributed by atoms with Crippen molar-refractivity contribution < 1.29 is 9.47 Å². The summed E-state index contributed by atoms with van der Waals surface area (Å²) in [6.07, 6.45) is 3.75. The SMILES string of the molecule is COCCOc1ccc(N2C(=S)NC(c3ccccn3)C2c2cccn2-c2ccc(Cl)cc2Cl)cc1Cl. The molecule has 2 unspecified atom stereocenters. The molecule has 0 radical (unpaired) electrons. The lowest BCUT2D eigenvalue weighted by atomic mass is 10.0. The lowest BCUT2D eigenvalue weighted by Gasteiger charge is -2.29. The first-order valence-electron chi connectivity index (χ1n) is 11.5. The van der Waals surface area contributed by atoms with E-state index in [0.717, 1.165) is 22.8 Å². The number of pyridine rings is 1. The molecule has 1 fully saturated rings. The van der Waals surface area contributed by atoms with Gasteiger partial charge in [0.1, 0.15) is 18.4 Å². The number of hydrogen-bond acceptors (Lipinski definition) is 4. The van der Waals surface area contributed by atoms with Gasteiger partial charge in [0, 0.05) is 35.9 Å². The number of halogens is 3. The summed E-state index contributed by atoms with van der Waals surface area (Å²) in [6, 6.07) is 20.5. The summed E-state index contributed by atoms with van der Waals surface area (Å²) in [7, 11) is 1.63. The molecule has 0 saturated carbocycles. The molecule has 0 aliphatic carbocycles. The van der Waals surface area contributed by atoms with Crippen molar-refractivity contribution in [3.05, 3.63) is 106 Å². The molecule has 0 amide bonds. The summed E-state index contributed by atoms with van der Waals surface area (Å²) >= 11 is 25.3. The first-order chi connectivity index (χ1) is 18.0. The molecule has 1 aliphatic heterocycles. The molecule has 6 nitrogen and oxygen atoms in total. The second kappa shape index (κ2) is 11.3. The highest BCUT2D eigenvalue weighted by Gasteiger charge is 2.42. The number of rotatable bonds is 8. The Balaban J connectivity index is 1.60. The number of nitrogens with zero attached hydrogens (tertiary/aromatic N) is 3. The highest BCUT2D eigenvalue weighted by molar-refractivity contribution is 7.80. The summed E-state index contributed by atoms with van der Waals surface area (Å²) in [5.74, 6) is 0.578. The number of anilines is 1. The zero-order valence-electron chi connectivity index (χ0n) is 19.8. The van der Waals surface area contributed by atoms with Crippen molar-refractivity contribution in [1.82, 2.24) is 14.9 Å². The van der Waals surface area contributed by atoms with Crippen molar-refractivity contribution in [3.8, 4) is 11.4 Å². The molecule has 2 aromatic carbocycles. The Labute approximate surface area is 235 Å². The van der Waals surface area contributed by atoms with Crippen LogP contribution in [0, 0.1) is 0 Å². The van der Waals surface area contributed by atoms with E-state index in [-0.39, 0.29) is 12.1 Å². The van der Waals surface area contributed by atoms with Crippen molar-refractivity contribution in [3.63, 3.8) is 0 Å². The number of hydrogen-bond donors (Lipinski definition) is 1. The van der Waals surface area contributed by atoms with E-state index in [4.69, 9.17) is 56.5 Å². The van der Waals surface area contributed by atoms with Crippen molar-refractivity contribution in [2.24, 2.45) is 0 Å². The van der Waals surface area contributed by atoms with Gasteiger partial charge in [0.25, 0.3) is 0 Å². The highest BCUT2D eigenvalue weighted by atomic mass is 35.5. The van der Waals surface area contributed by atoms with E-state index >= 15 is 0 Å². The molecule has 1 saturated heterocycles. The molecule has 2 aromatic heterocycles. The third kappa shape index (κ3) is 5.28. The van der Waals surface area contributed by atoms with Crippen LogP contribution in [0.25, 0.3) is 5.69 Å². The summed E-state index contributed by atoms with van der Waals surface area (Å²) in [5.41, 5.74) is 3.45. The molecule has 0 spiro atoms. The first kappa shape index (κ1) is 25.8. The molecule has 5 rings (SSSR count). The van der Waals surface area contributed by atoms with Gasteiger partial charge >= 0.3 is 0 Å². The largest absolute Gasteiger partial charge is 0.490 e. The van der Waals surface area contributed by atoms with E-state index in [2.05, 4.69) is 21.3 Å². The molecule has 4 aromatic rings. The van der Waals surface area contributed by atoms with Crippen LogP contribution < -0.4 is 15.0 Å². The maximum atomic E-state index is 6.62. The van der Waals surface area contributed by atoms with Gasteiger partial charge in [-0.2, -0.15) is 0 Å². The lowest BCUT2D eigenvalue weighted by Crippen LogP contribution is -2.30. The van der Waals surface area contributed by atoms with Crippen molar-refractivity contribution in [2.75, 3.05) is 25.2 Å². The third-order valence-corrected chi connectivity index (χ3v) is 7.24. The highest BCUT2D eigenvalue weighted by Crippen LogP contribution is 2.44. The zero-order valence-corrected chi connectivity index (χ0v) is 22.9. The Morgan fingerprint density at radius 3 is 2.57 bits per heavy atom. The van der Waals surface area contributed by atoms with E-state index < -0.39 is 0 Å². The van der Waals surface area contributed by atoms with Crippen LogP contribution in [0.1, 0.15) is 23.5 Å². The fourth-order valence-electron chi connectivity index (χ4n) is 4.46. The number of aromatic nitrogens is 2. The van der Waals surface area contributed by atoms with Crippen LogP contribution in [-0.2, 0) is 4.74 Å². The Kier molecular flexibility index (Phi) is 7.88. The molecular formula is C27H23Cl3N4O2S. The molecule has 10 heteroatoms. The molecule has 37 heavy (non-hydrogen) atoms. The van der Waals surface area contributed by atoms with Gasteiger partial charge in [-0.3, -0.25) is 4.98 Å². The van der Waals surface area contributed by atoms with E-state index in [1.165, 1.54) is 0 Å². The van der Waals surface area contributed by atoms with Crippen LogP contribution in [-0.4, -0.2) is 35.0 Å². The molecule has 0 bridgehead atoms. The van der Waals surface area contributed by atoms with Crippen molar-refractivity contribution in [1.29, 1.82) is 0 Å². The maximum Gasteiger partial charge on any atom is 0.174 e. The predicted molar refractivity (Wildman–Crippen MR) is 153 cm³/mol. The van der Waals surface area contributed by atoms with Gasteiger partial charge in [0.15, 0.2) is 5.11 Å². The van der Waals surface area contributed by atoms with Gasteiger partial charge in [0.2, 0.25) is 0 Å². The smallest absolute Gasteiger partial charge is 0.174 e. The van der Waals surface area contributed by atoms with Gasteiger partial charge < -0.3 is 24.3 Å². The Morgan fingerprint density at radius 1 is 0.973 bits per heavy atom. The summed E-state index contributed by atoms with van der Waals surface area (Å²) in [6.45, 7) is 0.870. The molecule has 3 heterocycles. The van der Waals surface area contributed by atoms with Gasteiger partial charge in [-0.05, 0) is 72.9 Å². The molecule has 1 N–H and O–H groups in total. The van der Waals surface area contributed by atoms with Gasteiger partial charge in [-0.15, -0.1) is 0 Å². The van der Waals surface area contributed by atoms with Gasteiger partial charge in [-0.25, -0.2) is 0 Å². The van der Waals surface area contributed by atoms with E-state index in [9.17, 15) is 0 Å². The minimum Gasteiger partial charge on any atom is -0.490 e. The second-order valence-electron chi connectivity index (χ2n) is 8.35. The minimum absolute atomic E-state index is 0.232. The fourth-order valence-corrected chi connectivity index (χ4v) is 5.53. The molecular weight excluding hydrogens is 551 g/mol. The second-order valence-corrected chi connectivity index (χ2v) is 9.99. The van der Waals surface area contributed by atoms with Crippen LogP contribution in [0.2, 0.25) is 15.1 Å². The number of methoxy groups -OCH3 is 1. The van der Waals surface area contributed by atoms with E-state index in [0.29, 0.717) is 39.1 Å². The topological polar surface area (TPSA) is 51.6 Å². The number of benzene rings is 2. The average molecular weight is 574 g/mol. The van der Waals surface area contributed by atoms with Crippen molar-refractivity contribution in [2.45, 2.75) is 12.1 Å². The summed E-state index contributed by atoms with van der Waals surface area (Å²) < 4.78 is 12.9. The van der Waals surface area contributed by atoms with E-state index in [1.54, 1.807) is 19.4 Å². The summed E-state index contributed by atoms with van der Waals surface area (Å²) in [5, 5.41) is 5.62. The van der Waals surface area contributed by atoms with Crippen LogP contribution in [0.3, 0.4) is 0 Å². The minimum atomic E-state index is -0.263. The third-order valence-electron chi connectivity index (χ3n) is 6.09. The fraction of sp³-hybridized carbons (Fsp3) is 0.185. The molecule has 190 valence electrons. The standard InChI is InChI=1S/C27H23Cl3N4O2S/c1-35-13-14-36-24-10-8-18(16-20(24)30)34-26(25(32-27(34)37)21-5-2-3-11-31-21)23-6-4-12-33(23)22-9-7-17(28)15-19(22)29/h2-12,15-16,25-26H,13-14H2,1H3,(H,32,37).